The average Bonchev–Trinajstić information content (AvgIpc) is 2.55. The number of nitro groups is 1. The molecule has 0 amide bonds. The van der Waals surface area contributed by atoms with Crippen molar-refractivity contribution >= 4 is 27.1 Å². The van der Waals surface area contributed by atoms with Gasteiger partial charge in [0.15, 0.2) is 0 Å². The van der Waals surface area contributed by atoms with Crippen molar-refractivity contribution in [1.29, 1.82) is 0 Å². The Hall–Kier alpha value is -1.15. The first kappa shape index (κ1) is 13.9. The molecule has 0 bridgehead atoms. The smallest absolute Gasteiger partial charge is 0.258 e. The summed E-state index contributed by atoms with van der Waals surface area (Å²) in [6.45, 7) is 1.67. The van der Waals surface area contributed by atoms with E-state index in [9.17, 15) is 18.5 Å². The summed E-state index contributed by atoms with van der Waals surface area (Å²) in [6.07, 6.45) is 0.292. The molecule has 0 fully saturated rings. The monoisotopic (exact) mass is 281 g/mol. The summed E-state index contributed by atoms with van der Waals surface area (Å²) in [5, 5.41) is 14.4. The summed E-state index contributed by atoms with van der Waals surface area (Å²) in [4.78, 5) is 10.2. The highest BCUT2D eigenvalue weighted by Gasteiger charge is 2.34. The lowest BCUT2D eigenvalue weighted by Crippen LogP contribution is -2.14. The number of aromatic nitrogens is 2. The molecular weight excluding hydrogens is 270 g/mol. The Morgan fingerprint density at radius 2 is 2.12 bits per heavy atom. The topological polar surface area (TPSA) is 95.1 Å². The molecule has 1 rings (SSSR count). The van der Waals surface area contributed by atoms with Gasteiger partial charge >= 0.3 is 5.69 Å². The Morgan fingerprint density at radius 1 is 1.53 bits per heavy atom. The maximum absolute atomic E-state index is 11.9. The van der Waals surface area contributed by atoms with Gasteiger partial charge in [-0.15, -0.1) is 11.6 Å². The molecule has 0 atom stereocenters. The molecule has 0 aliphatic heterocycles. The number of sulfone groups is 1. The summed E-state index contributed by atoms with van der Waals surface area (Å²) in [7, 11) is -2.41. The molecule has 0 saturated heterocycles. The molecule has 1 heterocycles. The van der Waals surface area contributed by atoms with Crippen LogP contribution >= 0.6 is 11.6 Å². The van der Waals surface area contributed by atoms with E-state index in [0.29, 0.717) is 6.42 Å². The van der Waals surface area contributed by atoms with Crippen LogP contribution in [0.2, 0.25) is 0 Å². The van der Waals surface area contributed by atoms with Crippen LogP contribution in [-0.2, 0) is 23.3 Å². The summed E-state index contributed by atoms with van der Waals surface area (Å²) in [5.74, 6) is -0.468. The fraction of sp³-hybridized carbons (Fsp3) is 0.625. The first-order chi connectivity index (χ1) is 7.85. The van der Waals surface area contributed by atoms with Gasteiger partial charge in [-0.1, -0.05) is 6.92 Å². The predicted molar refractivity (Wildman–Crippen MR) is 62.0 cm³/mol. The fourth-order valence-electron chi connectivity index (χ4n) is 1.52. The van der Waals surface area contributed by atoms with E-state index in [1.807, 2.05) is 0 Å². The van der Waals surface area contributed by atoms with Crippen molar-refractivity contribution in [3.63, 3.8) is 0 Å². The maximum Gasteiger partial charge on any atom is 0.329 e. The lowest BCUT2D eigenvalue weighted by molar-refractivity contribution is -0.388. The minimum absolute atomic E-state index is 0.119. The number of nitrogens with zero attached hydrogens (tertiary/aromatic N) is 3. The van der Waals surface area contributed by atoms with Crippen LogP contribution in [0.4, 0.5) is 5.69 Å². The van der Waals surface area contributed by atoms with Gasteiger partial charge in [-0.25, -0.2) is 8.42 Å². The molecule has 0 aliphatic rings. The fourth-order valence-corrected chi connectivity index (χ4v) is 3.46. The van der Waals surface area contributed by atoms with Crippen molar-refractivity contribution < 1.29 is 13.3 Å². The SMILES string of the molecule is CCc1nn(C)c(S(=O)(=O)CCCl)c1[N+](=O)[O-]. The third kappa shape index (κ3) is 2.58. The molecule has 9 heteroatoms. The van der Waals surface area contributed by atoms with Crippen LogP contribution < -0.4 is 0 Å². The van der Waals surface area contributed by atoms with Crippen LogP contribution in [0.3, 0.4) is 0 Å². The van der Waals surface area contributed by atoms with Crippen molar-refractivity contribution in [1.82, 2.24) is 9.78 Å². The van der Waals surface area contributed by atoms with Gasteiger partial charge in [0.2, 0.25) is 14.9 Å². The number of hydrogen-bond acceptors (Lipinski definition) is 5. The second-order valence-corrected chi connectivity index (χ2v) is 5.74. The van der Waals surface area contributed by atoms with Crippen molar-refractivity contribution in [3.05, 3.63) is 15.8 Å². The van der Waals surface area contributed by atoms with Crippen molar-refractivity contribution in [2.45, 2.75) is 18.4 Å². The maximum atomic E-state index is 11.9. The van der Waals surface area contributed by atoms with E-state index >= 15 is 0 Å². The predicted octanol–water partition coefficient (Wildman–Crippen LogP) is 0.903. The number of aryl methyl sites for hydroxylation is 2. The Morgan fingerprint density at radius 3 is 2.53 bits per heavy atom. The Kier molecular flexibility index (Phi) is 4.10. The third-order valence-electron chi connectivity index (χ3n) is 2.20. The highest BCUT2D eigenvalue weighted by molar-refractivity contribution is 7.91. The highest BCUT2D eigenvalue weighted by Crippen LogP contribution is 2.28. The molecule has 0 spiro atoms. The van der Waals surface area contributed by atoms with Crippen molar-refractivity contribution in [2.24, 2.45) is 7.05 Å². The Labute approximate surface area is 103 Å². The van der Waals surface area contributed by atoms with Gasteiger partial charge in [0.05, 0.1) is 10.7 Å². The first-order valence-corrected chi connectivity index (χ1v) is 7.02. The lowest BCUT2D eigenvalue weighted by Gasteiger charge is -2.01. The molecular formula is C8H12ClN3O4S. The molecule has 96 valence electrons. The quantitative estimate of drug-likeness (QED) is 0.454. The molecule has 7 nitrogen and oxygen atoms in total. The zero-order valence-electron chi connectivity index (χ0n) is 9.38. The standard InChI is InChI=1S/C8H12ClN3O4S/c1-3-6-7(12(13)14)8(11(2)10-6)17(15,16)5-4-9/h3-5H2,1-2H3. The van der Waals surface area contributed by atoms with E-state index in [1.54, 1.807) is 6.92 Å². The molecule has 0 saturated carbocycles. The van der Waals surface area contributed by atoms with Crippen LogP contribution in [0.5, 0.6) is 0 Å². The van der Waals surface area contributed by atoms with Crippen LogP contribution in [0.25, 0.3) is 0 Å². The zero-order valence-corrected chi connectivity index (χ0v) is 11.0. The second kappa shape index (κ2) is 5.01. The molecule has 0 N–H and O–H groups in total. The minimum Gasteiger partial charge on any atom is -0.258 e. The average molecular weight is 282 g/mol. The van der Waals surface area contributed by atoms with Crippen molar-refractivity contribution in [2.75, 3.05) is 11.6 Å². The van der Waals surface area contributed by atoms with Crippen molar-refractivity contribution in [3.8, 4) is 0 Å². The zero-order chi connectivity index (χ0) is 13.2. The molecule has 0 aliphatic carbocycles. The van der Waals surface area contributed by atoms with Crippen LogP contribution in [0.1, 0.15) is 12.6 Å². The van der Waals surface area contributed by atoms with Gasteiger partial charge in [0.25, 0.3) is 0 Å². The summed E-state index contributed by atoms with van der Waals surface area (Å²) < 4.78 is 24.7. The number of halogens is 1. The Balaban J connectivity index is 3.53. The normalized spacial score (nSPS) is 11.7. The number of rotatable bonds is 5. The van der Waals surface area contributed by atoms with E-state index in [4.69, 9.17) is 11.6 Å². The number of hydrogen-bond donors (Lipinski definition) is 0. The van der Waals surface area contributed by atoms with Crippen LogP contribution in [0.15, 0.2) is 5.03 Å². The Bertz CT molecular complexity index is 537. The molecule has 17 heavy (non-hydrogen) atoms. The van der Waals surface area contributed by atoms with E-state index in [0.717, 1.165) is 4.68 Å². The van der Waals surface area contributed by atoms with Crippen LogP contribution in [-0.4, -0.2) is 34.8 Å². The first-order valence-electron chi connectivity index (χ1n) is 4.84. The molecule has 0 aromatic carbocycles. The van der Waals surface area contributed by atoms with E-state index in [-0.39, 0.29) is 22.4 Å². The summed E-state index contributed by atoms with van der Waals surface area (Å²) in [5.41, 5.74) is -0.286. The van der Waals surface area contributed by atoms with Gasteiger partial charge in [0, 0.05) is 12.9 Å². The van der Waals surface area contributed by atoms with E-state index < -0.39 is 20.4 Å². The van der Waals surface area contributed by atoms with Gasteiger partial charge in [-0.2, -0.15) is 5.10 Å². The largest absolute Gasteiger partial charge is 0.329 e. The molecule has 1 aromatic rings. The molecule has 1 aromatic heterocycles. The number of alkyl halides is 1. The van der Waals surface area contributed by atoms with E-state index in [2.05, 4.69) is 5.10 Å². The van der Waals surface area contributed by atoms with Gasteiger partial charge < -0.3 is 0 Å². The third-order valence-corrected chi connectivity index (χ3v) is 4.40. The summed E-state index contributed by atoms with van der Waals surface area (Å²) in [6, 6.07) is 0. The van der Waals surface area contributed by atoms with Crippen LogP contribution in [0, 0.1) is 10.1 Å². The molecule has 0 unspecified atom stereocenters. The minimum atomic E-state index is -3.78. The molecule has 0 radical (unpaired) electrons. The van der Waals surface area contributed by atoms with Gasteiger partial charge in [-0.3, -0.25) is 14.8 Å². The van der Waals surface area contributed by atoms with Gasteiger partial charge in [0.1, 0.15) is 5.69 Å². The highest BCUT2D eigenvalue weighted by atomic mass is 35.5. The van der Waals surface area contributed by atoms with E-state index in [1.165, 1.54) is 7.05 Å². The second-order valence-electron chi connectivity index (χ2n) is 3.34. The lowest BCUT2D eigenvalue weighted by atomic mass is 10.3. The summed E-state index contributed by atoms with van der Waals surface area (Å²) >= 11 is 5.38. The van der Waals surface area contributed by atoms with Gasteiger partial charge in [-0.05, 0) is 6.42 Å².